The molecule has 1 aromatic heterocycles. The van der Waals surface area contributed by atoms with Gasteiger partial charge in [-0.1, -0.05) is 11.6 Å². The number of ether oxygens (including phenoxy) is 1. The van der Waals surface area contributed by atoms with Crippen LogP contribution in [-0.4, -0.2) is 22.2 Å². The van der Waals surface area contributed by atoms with Crippen LogP contribution in [0.2, 0.25) is 5.02 Å². The van der Waals surface area contributed by atoms with E-state index >= 15 is 0 Å². The van der Waals surface area contributed by atoms with E-state index in [2.05, 4.69) is 9.97 Å². The van der Waals surface area contributed by atoms with Gasteiger partial charge in [0, 0.05) is 22.0 Å². The Bertz CT molecular complexity index is 837. The van der Waals surface area contributed by atoms with E-state index in [0.717, 1.165) is 5.39 Å². The van der Waals surface area contributed by atoms with E-state index in [1.54, 1.807) is 30.3 Å². The molecule has 0 radical (unpaired) electrons. The highest BCUT2D eigenvalue weighted by molar-refractivity contribution is 6.31. The molecule has 3 N–H and O–H groups in total. The number of aromatic hydroxyl groups is 1. The minimum atomic E-state index is 0.0497. The first kappa shape index (κ1) is 13.5. The molecule has 0 unspecified atom stereocenters. The summed E-state index contributed by atoms with van der Waals surface area (Å²) in [5.74, 6) is 0.740. The molecule has 6 heteroatoms. The second-order valence-electron chi connectivity index (χ2n) is 4.47. The van der Waals surface area contributed by atoms with Crippen LogP contribution in [0.3, 0.4) is 0 Å². The van der Waals surface area contributed by atoms with Crippen LogP contribution in [0.5, 0.6) is 11.5 Å². The topological polar surface area (TPSA) is 81.3 Å². The number of benzene rings is 2. The van der Waals surface area contributed by atoms with Gasteiger partial charge in [-0.15, -0.1) is 0 Å². The van der Waals surface area contributed by atoms with Crippen LogP contribution in [0.15, 0.2) is 36.4 Å². The molecule has 2 aromatic carbocycles. The summed E-state index contributed by atoms with van der Waals surface area (Å²) in [6.07, 6.45) is 0. The summed E-state index contributed by atoms with van der Waals surface area (Å²) in [5, 5.41) is 11.5. The molecule has 3 rings (SSSR count). The molecule has 106 valence electrons. The molecule has 0 bridgehead atoms. The zero-order chi connectivity index (χ0) is 15.0. The Labute approximate surface area is 126 Å². The van der Waals surface area contributed by atoms with Gasteiger partial charge in [-0.25, -0.2) is 9.97 Å². The van der Waals surface area contributed by atoms with E-state index < -0.39 is 0 Å². The maximum absolute atomic E-state index is 10.2. The number of anilines is 1. The number of hydrogen-bond donors (Lipinski definition) is 2. The number of aromatic nitrogens is 2. The Kier molecular flexibility index (Phi) is 3.27. The lowest BCUT2D eigenvalue weighted by Crippen LogP contribution is -1.98. The van der Waals surface area contributed by atoms with Crippen LogP contribution in [0.1, 0.15) is 0 Å². The van der Waals surface area contributed by atoms with Gasteiger partial charge < -0.3 is 15.6 Å². The van der Waals surface area contributed by atoms with Crippen molar-refractivity contribution >= 4 is 28.5 Å². The predicted octanol–water partition coefficient (Wildman–Crippen LogP) is 3.25. The minimum absolute atomic E-state index is 0.0497. The molecule has 0 spiro atoms. The number of rotatable bonds is 2. The van der Waals surface area contributed by atoms with Gasteiger partial charge in [0.25, 0.3) is 0 Å². The lowest BCUT2D eigenvalue weighted by molar-refractivity contribution is 0.408. The number of nitrogens with two attached hydrogens (primary N) is 1. The highest BCUT2D eigenvalue weighted by atomic mass is 35.5. The fraction of sp³-hybridized carbons (Fsp3) is 0.0667. The maximum Gasteiger partial charge on any atom is 0.221 e. The average molecular weight is 302 g/mol. The monoisotopic (exact) mass is 301 g/mol. The van der Waals surface area contributed by atoms with E-state index in [9.17, 15) is 5.11 Å². The Balaban J connectivity index is 2.31. The van der Waals surface area contributed by atoms with Crippen molar-refractivity contribution in [1.82, 2.24) is 9.97 Å². The summed E-state index contributed by atoms with van der Waals surface area (Å²) in [6, 6.07) is 10.2. The Morgan fingerprint density at radius 3 is 2.67 bits per heavy atom. The van der Waals surface area contributed by atoms with Crippen molar-refractivity contribution in [2.75, 3.05) is 12.8 Å². The van der Waals surface area contributed by atoms with Crippen molar-refractivity contribution in [1.29, 1.82) is 0 Å². The molecule has 0 aliphatic carbocycles. The van der Waals surface area contributed by atoms with Crippen molar-refractivity contribution in [3.63, 3.8) is 0 Å². The number of phenolic OH excluding ortho intramolecular Hbond substituents is 1. The first-order valence-corrected chi connectivity index (χ1v) is 6.56. The molecule has 0 atom stereocenters. The number of nitrogen functional groups attached to an aromatic ring is 1. The lowest BCUT2D eigenvalue weighted by Gasteiger charge is -2.10. The molecule has 0 amide bonds. The summed E-state index contributed by atoms with van der Waals surface area (Å²) >= 11 is 6.04. The standard InChI is InChI=1S/C15H12ClN3O2/c1-21-9-3-4-10(13(20)7-9)14-11-6-8(16)2-5-12(11)18-15(17)19-14/h2-7,20H,1H3,(H2,17,18,19). The highest BCUT2D eigenvalue weighted by Crippen LogP contribution is 2.36. The molecule has 1 heterocycles. The fourth-order valence-electron chi connectivity index (χ4n) is 2.16. The first-order chi connectivity index (χ1) is 10.1. The van der Waals surface area contributed by atoms with Gasteiger partial charge >= 0.3 is 0 Å². The van der Waals surface area contributed by atoms with Gasteiger partial charge in [-0.3, -0.25) is 0 Å². The van der Waals surface area contributed by atoms with Gasteiger partial charge in [0.15, 0.2) is 0 Å². The smallest absolute Gasteiger partial charge is 0.221 e. The number of phenols is 1. The van der Waals surface area contributed by atoms with Crippen LogP contribution in [0.25, 0.3) is 22.2 Å². The average Bonchev–Trinajstić information content (AvgIpc) is 2.47. The zero-order valence-corrected chi connectivity index (χ0v) is 11.9. The molecule has 21 heavy (non-hydrogen) atoms. The van der Waals surface area contributed by atoms with E-state index in [4.69, 9.17) is 22.1 Å². The van der Waals surface area contributed by atoms with Crippen LogP contribution >= 0.6 is 11.6 Å². The van der Waals surface area contributed by atoms with Crippen molar-refractivity contribution < 1.29 is 9.84 Å². The molecule has 0 fully saturated rings. The van der Waals surface area contributed by atoms with E-state index in [0.29, 0.717) is 27.5 Å². The first-order valence-electron chi connectivity index (χ1n) is 6.18. The number of methoxy groups -OCH3 is 1. The van der Waals surface area contributed by atoms with Gasteiger partial charge in [0.2, 0.25) is 5.95 Å². The highest BCUT2D eigenvalue weighted by Gasteiger charge is 2.13. The number of fused-ring (bicyclic) bond motifs is 1. The molecule has 3 aromatic rings. The van der Waals surface area contributed by atoms with Crippen LogP contribution in [-0.2, 0) is 0 Å². The zero-order valence-electron chi connectivity index (χ0n) is 11.2. The van der Waals surface area contributed by atoms with Crippen LogP contribution in [0, 0.1) is 0 Å². The largest absolute Gasteiger partial charge is 0.507 e. The third-order valence-electron chi connectivity index (χ3n) is 3.14. The summed E-state index contributed by atoms with van der Waals surface area (Å²) in [6.45, 7) is 0. The van der Waals surface area contributed by atoms with Crippen LogP contribution < -0.4 is 10.5 Å². The van der Waals surface area contributed by atoms with Crippen molar-refractivity contribution in [2.45, 2.75) is 0 Å². The molecule has 5 nitrogen and oxygen atoms in total. The summed E-state index contributed by atoms with van der Waals surface area (Å²) in [4.78, 5) is 8.40. The second-order valence-corrected chi connectivity index (χ2v) is 4.91. The number of halogens is 1. The third kappa shape index (κ3) is 2.43. The Hall–Kier alpha value is -2.53. The van der Waals surface area contributed by atoms with Gasteiger partial charge in [-0.2, -0.15) is 0 Å². The number of hydrogen-bond acceptors (Lipinski definition) is 5. The van der Waals surface area contributed by atoms with Crippen molar-refractivity contribution in [2.24, 2.45) is 0 Å². The molecular formula is C15H12ClN3O2. The normalized spacial score (nSPS) is 10.8. The lowest BCUT2D eigenvalue weighted by atomic mass is 10.1. The predicted molar refractivity (Wildman–Crippen MR) is 82.6 cm³/mol. The van der Waals surface area contributed by atoms with Crippen LogP contribution in [0.4, 0.5) is 5.95 Å². The second kappa shape index (κ2) is 5.10. The number of nitrogens with zero attached hydrogens (tertiary/aromatic N) is 2. The summed E-state index contributed by atoms with van der Waals surface area (Å²) in [5.41, 5.74) is 7.48. The Morgan fingerprint density at radius 1 is 1.14 bits per heavy atom. The van der Waals surface area contributed by atoms with Gasteiger partial charge in [0.05, 0.1) is 18.3 Å². The molecule has 0 saturated heterocycles. The van der Waals surface area contributed by atoms with Crippen molar-refractivity contribution in [3.8, 4) is 22.8 Å². The third-order valence-corrected chi connectivity index (χ3v) is 3.37. The summed E-state index contributed by atoms with van der Waals surface area (Å²) < 4.78 is 5.08. The van der Waals surface area contributed by atoms with Gasteiger partial charge in [0.1, 0.15) is 11.5 Å². The van der Waals surface area contributed by atoms with E-state index in [1.807, 2.05) is 0 Å². The SMILES string of the molecule is COc1ccc(-c2nc(N)nc3ccc(Cl)cc23)c(O)c1. The summed E-state index contributed by atoms with van der Waals surface area (Å²) in [7, 11) is 1.53. The molecule has 0 aliphatic heterocycles. The molecule has 0 aliphatic rings. The maximum atomic E-state index is 10.2. The molecular weight excluding hydrogens is 290 g/mol. The minimum Gasteiger partial charge on any atom is -0.507 e. The van der Waals surface area contributed by atoms with E-state index in [1.165, 1.54) is 13.2 Å². The quantitative estimate of drug-likeness (QED) is 0.759. The fourth-order valence-corrected chi connectivity index (χ4v) is 2.33. The van der Waals surface area contributed by atoms with E-state index in [-0.39, 0.29) is 11.7 Å². The van der Waals surface area contributed by atoms with Gasteiger partial charge in [-0.05, 0) is 30.3 Å². The Morgan fingerprint density at radius 2 is 1.95 bits per heavy atom. The van der Waals surface area contributed by atoms with Crippen molar-refractivity contribution in [3.05, 3.63) is 41.4 Å². The molecule has 0 saturated carbocycles.